The minimum atomic E-state index is 0.288. The van der Waals surface area contributed by atoms with E-state index in [9.17, 15) is 4.79 Å². The number of hydrogen-bond acceptors (Lipinski definition) is 2. The molecule has 0 unspecified atom stereocenters. The molecule has 1 aliphatic heterocycles. The average Bonchev–Trinajstić information content (AvgIpc) is 2.26. The fraction of sp³-hybridized carbons (Fsp3) is 0.615. The van der Waals surface area contributed by atoms with Crippen LogP contribution in [0.4, 0.5) is 0 Å². The van der Waals surface area contributed by atoms with E-state index < -0.39 is 0 Å². The third-order valence-corrected chi connectivity index (χ3v) is 3.99. The standard InChI is InChI=1S/C13H17NO/c15-12-4-3-9-8-13-10(2-1-5-14-13)6-11(9)7-12/h3-4,10,13-14H,1-2,5-8H2/t10-,13-/m0/s1. The lowest BCUT2D eigenvalue weighted by atomic mass is 9.74. The predicted molar refractivity (Wildman–Crippen MR) is 59.5 cm³/mol. The molecule has 0 saturated carbocycles. The fourth-order valence-corrected chi connectivity index (χ4v) is 3.17. The number of piperidine rings is 1. The van der Waals surface area contributed by atoms with Gasteiger partial charge in [-0.25, -0.2) is 0 Å². The molecule has 80 valence electrons. The van der Waals surface area contributed by atoms with Crippen molar-refractivity contribution in [2.45, 2.75) is 38.1 Å². The Kier molecular flexibility index (Phi) is 2.24. The molecular weight excluding hydrogens is 186 g/mol. The first-order chi connectivity index (χ1) is 7.33. The molecule has 0 aromatic heterocycles. The van der Waals surface area contributed by atoms with Crippen LogP contribution in [0.3, 0.4) is 0 Å². The lowest BCUT2D eigenvalue weighted by Crippen LogP contribution is -2.43. The maximum atomic E-state index is 11.3. The van der Waals surface area contributed by atoms with E-state index in [-0.39, 0.29) is 5.78 Å². The van der Waals surface area contributed by atoms with Crippen molar-refractivity contribution < 1.29 is 4.79 Å². The van der Waals surface area contributed by atoms with Crippen molar-refractivity contribution in [1.82, 2.24) is 5.32 Å². The Balaban J connectivity index is 1.84. The average molecular weight is 203 g/mol. The molecule has 0 bridgehead atoms. The molecule has 0 radical (unpaired) electrons. The van der Waals surface area contributed by atoms with Crippen molar-refractivity contribution in [2.24, 2.45) is 5.92 Å². The van der Waals surface area contributed by atoms with Crippen LogP contribution in [0.25, 0.3) is 0 Å². The summed E-state index contributed by atoms with van der Waals surface area (Å²) in [4.78, 5) is 11.3. The lowest BCUT2D eigenvalue weighted by molar-refractivity contribution is -0.114. The minimum Gasteiger partial charge on any atom is -0.313 e. The van der Waals surface area contributed by atoms with Gasteiger partial charge in [-0.1, -0.05) is 11.6 Å². The Bertz CT molecular complexity index is 354. The molecule has 1 fully saturated rings. The molecule has 1 heterocycles. The second-order valence-electron chi connectivity index (χ2n) is 4.98. The molecule has 2 heteroatoms. The molecule has 3 aliphatic rings. The highest BCUT2D eigenvalue weighted by molar-refractivity contribution is 5.93. The van der Waals surface area contributed by atoms with Gasteiger partial charge in [-0.05, 0) is 49.8 Å². The van der Waals surface area contributed by atoms with Gasteiger partial charge in [0.2, 0.25) is 0 Å². The molecule has 15 heavy (non-hydrogen) atoms. The summed E-state index contributed by atoms with van der Waals surface area (Å²) in [6, 6.07) is 0.676. The maximum absolute atomic E-state index is 11.3. The van der Waals surface area contributed by atoms with Crippen molar-refractivity contribution in [3.63, 3.8) is 0 Å². The first kappa shape index (κ1) is 9.34. The van der Waals surface area contributed by atoms with E-state index >= 15 is 0 Å². The molecule has 2 aliphatic carbocycles. The van der Waals surface area contributed by atoms with Gasteiger partial charge in [0.1, 0.15) is 0 Å². The summed E-state index contributed by atoms with van der Waals surface area (Å²) in [7, 11) is 0. The topological polar surface area (TPSA) is 29.1 Å². The van der Waals surface area contributed by atoms with E-state index in [0.717, 1.165) is 18.8 Å². The Morgan fingerprint density at radius 2 is 2.20 bits per heavy atom. The summed E-state index contributed by atoms with van der Waals surface area (Å²) in [5.41, 5.74) is 2.86. The summed E-state index contributed by atoms with van der Waals surface area (Å²) in [5, 5.41) is 3.61. The monoisotopic (exact) mass is 203 g/mol. The van der Waals surface area contributed by atoms with Crippen molar-refractivity contribution >= 4 is 5.78 Å². The number of hydrogen-bond donors (Lipinski definition) is 1. The minimum absolute atomic E-state index is 0.288. The van der Waals surface area contributed by atoms with Crippen LogP contribution in [0.2, 0.25) is 0 Å². The summed E-state index contributed by atoms with van der Waals surface area (Å²) in [6.07, 6.45) is 9.43. The van der Waals surface area contributed by atoms with Gasteiger partial charge in [-0.3, -0.25) is 4.79 Å². The normalized spacial score (nSPS) is 35.1. The van der Waals surface area contributed by atoms with Crippen molar-refractivity contribution in [2.75, 3.05) is 6.54 Å². The van der Waals surface area contributed by atoms with Crippen LogP contribution in [0.1, 0.15) is 32.1 Å². The van der Waals surface area contributed by atoms with Gasteiger partial charge in [-0.2, -0.15) is 0 Å². The quantitative estimate of drug-likeness (QED) is 0.652. The zero-order valence-corrected chi connectivity index (χ0v) is 8.96. The zero-order chi connectivity index (χ0) is 10.3. The lowest BCUT2D eigenvalue weighted by Gasteiger charge is -2.38. The van der Waals surface area contributed by atoms with Crippen LogP contribution in [-0.4, -0.2) is 18.4 Å². The molecular formula is C13H17NO. The van der Waals surface area contributed by atoms with E-state index in [1.54, 1.807) is 6.08 Å². The molecule has 0 spiro atoms. The number of carbonyl (C=O) groups excluding carboxylic acids is 1. The van der Waals surface area contributed by atoms with Crippen molar-refractivity contribution in [1.29, 1.82) is 0 Å². The molecule has 0 aromatic rings. The Hall–Kier alpha value is -0.890. The summed E-state index contributed by atoms with van der Waals surface area (Å²) in [5.74, 6) is 1.08. The number of nitrogens with one attached hydrogen (secondary N) is 1. The highest BCUT2D eigenvalue weighted by atomic mass is 16.1. The van der Waals surface area contributed by atoms with E-state index in [1.807, 2.05) is 6.08 Å². The maximum Gasteiger partial charge on any atom is 0.159 e. The summed E-state index contributed by atoms with van der Waals surface area (Å²) in [6.45, 7) is 1.17. The summed E-state index contributed by atoms with van der Waals surface area (Å²) < 4.78 is 0. The number of allylic oxidation sites excluding steroid dienone is 3. The second-order valence-corrected chi connectivity index (χ2v) is 4.98. The molecule has 2 nitrogen and oxygen atoms in total. The fourth-order valence-electron chi connectivity index (χ4n) is 3.17. The third kappa shape index (κ3) is 1.67. The van der Waals surface area contributed by atoms with E-state index in [4.69, 9.17) is 0 Å². The number of carbonyl (C=O) groups is 1. The first-order valence-electron chi connectivity index (χ1n) is 5.98. The van der Waals surface area contributed by atoms with Gasteiger partial charge in [-0.15, -0.1) is 0 Å². The first-order valence-corrected chi connectivity index (χ1v) is 5.98. The van der Waals surface area contributed by atoms with Gasteiger partial charge in [0.25, 0.3) is 0 Å². The van der Waals surface area contributed by atoms with Gasteiger partial charge in [0, 0.05) is 12.5 Å². The highest BCUT2D eigenvalue weighted by Gasteiger charge is 2.32. The van der Waals surface area contributed by atoms with Gasteiger partial charge < -0.3 is 5.32 Å². The number of ketones is 1. The van der Waals surface area contributed by atoms with Crippen LogP contribution >= 0.6 is 0 Å². The van der Waals surface area contributed by atoms with Crippen LogP contribution in [-0.2, 0) is 4.79 Å². The Morgan fingerprint density at radius 1 is 1.27 bits per heavy atom. The molecule has 3 rings (SSSR count). The van der Waals surface area contributed by atoms with E-state index in [2.05, 4.69) is 5.32 Å². The highest BCUT2D eigenvalue weighted by Crippen LogP contribution is 2.37. The Labute approximate surface area is 90.4 Å². The third-order valence-electron chi connectivity index (χ3n) is 3.99. The van der Waals surface area contributed by atoms with Gasteiger partial charge in [0.05, 0.1) is 0 Å². The van der Waals surface area contributed by atoms with E-state index in [0.29, 0.717) is 12.5 Å². The second kappa shape index (κ2) is 3.60. The number of fused-ring (bicyclic) bond motifs is 1. The van der Waals surface area contributed by atoms with Gasteiger partial charge >= 0.3 is 0 Å². The molecule has 1 saturated heterocycles. The van der Waals surface area contributed by atoms with Crippen LogP contribution in [0.15, 0.2) is 23.3 Å². The molecule has 0 aromatic carbocycles. The van der Waals surface area contributed by atoms with Gasteiger partial charge in [0.15, 0.2) is 5.78 Å². The van der Waals surface area contributed by atoms with Crippen molar-refractivity contribution in [3.05, 3.63) is 23.3 Å². The molecule has 2 atom stereocenters. The number of rotatable bonds is 0. The smallest absolute Gasteiger partial charge is 0.159 e. The summed E-state index contributed by atoms with van der Waals surface area (Å²) >= 11 is 0. The van der Waals surface area contributed by atoms with Crippen LogP contribution in [0.5, 0.6) is 0 Å². The van der Waals surface area contributed by atoms with E-state index in [1.165, 1.54) is 30.5 Å². The SMILES string of the molecule is O=C1C=CC2=C(C1)C[C@@H]1CCCN[C@H]1C2. The largest absolute Gasteiger partial charge is 0.313 e. The van der Waals surface area contributed by atoms with Crippen LogP contribution < -0.4 is 5.32 Å². The molecule has 1 N–H and O–H groups in total. The molecule has 0 amide bonds. The van der Waals surface area contributed by atoms with Crippen LogP contribution in [0, 0.1) is 5.92 Å². The predicted octanol–water partition coefficient (Wildman–Crippen LogP) is 1.97. The van der Waals surface area contributed by atoms with Crippen molar-refractivity contribution in [3.8, 4) is 0 Å². The Morgan fingerprint density at radius 3 is 3.13 bits per heavy atom. The zero-order valence-electron chi connectivity index (χ0n) is 8.96.